The lowest BCUT2D eigenvalue weighted by molar-refractivity contribution is -0.132. The Balaban J connectivity index is 1.50. The van der Waals surface area contributed by atoms with Crippen molar-refractivity contribution in [3.8, 4) is 0 Å². The number of rotatable bonds is 4. The molecular weight excluding hydrogens is 311 g/mol. The van der Waals surface area contributed by atoms with Gasteiger partial charge in [0.2, 0.25) is 5.91 Å². The van der Waals surface area contributed by atoms with Gasteiger partial charge in [0.15, 0.2) is 0 Å². The van der Waals surface area contributed by atoms with Crippen LogP contribution in [0.5, 0.6) is 0 Å². The van der Waals surface area contributed by atoms with Gasteiger partial charge in [-0.25, -0.2) is 4.39 Å². The van der Waals surface area contributed by atoms with E-state index in [0.29, 0.717) is 44.6 Å². The normalized spacial score (nSPS) is 14.7. The van der Waals surface area contributed by atoms with Gasteiger partial charge in [0.25, 0.3) is 5.91 Å². The average Bonchev–Trinajstić information content (AvgIpc) is 3.13. The molecule has 1 aliphatic rings. The van der Waals surface area contributed by atoms with Crippen molar-refractivity contribution in [2.45, 2.75) is 12.8 Å². The van der Waals surface area contributed by atoms with Gasteiger partial charge in [0.05, 0.1) is 6.26 Å². The molecule has 126 valence electrons. The number of benzene rings is 1. The Bertz CT molecular complexity index is 707. The smallest absolute Gasteiger partial charge is 0.254 e. The number of carbonyl (C=O) groups excluding carboxylic acids is 2. The van der Waals surface area contributed by atoms with Gasteiger partial charge in [-0.15, -0.1) is 0 Å². The third-order valence-corrected chi connectivity index (χ3v) is 4.16. The standard InChI is InChI=1S/C18H19FN2O3/c19-15-4-1-3-14(13-15)18(23)21-10-8-20(9-11-21)17(22)7-6-16-5-2-12-24-16/h1-5,12-13H,6-11H2. The Morgan fingerprint density at radius 1 is 1.04 bits per heavy atom. The third-order valence-electron chi connectivity index (χ3n) is 4.16. The van der Waals surface area contributed by atoms with Crippen molar-refractivity contribution < 1.29 is 18.4 Å². The summed E-state index contributed by atoms with van der Waals surface area (Å²) in [6.45, 7) is 1.92. The molecule has 0 spiro atoms. The highest BCUT2D eigenvalue weighted by Gasteiger charge is 2.24. The van der Waals surface area contributed by atoms with E-state index in [9.17, 15) is 14.0 Å². The topological polar surface area (TPSA) is 53.8 Å². The van der Waals surface area contributed by atoms with E-state index in [2.05, 4.69) is 0 Å². The van der Waals surface area contributed by atoms with Crippen LogP contribution in [0.15, 0.2) is 47.1 Å². The second-order valence-electron chi connectivity index (χ2n) is 5.76. The van der Waals surface area contributed by atoms with Crippen molar-refractivity contribution in [1.29, 1.82) is 0 Å². The lowest BCUT2D eigenvalue weighted by atomic mass is 10.1. The minimum Gasteiger partial charge on any atom is -0.469 e. The second kappa shape index (κ2) is 7.29. The number of furan rings is 1. The fraction of sp³-hybridized carbons (Fsp3) is 0.333. The number of hydrogen-bond donors (Lipinski definition) is 0. The van der Waals surface area contributed by atoms with Crippen LogP contribution in [0.1, 0.15) is 22.5 Å². The van der Waals surface area contributed by atoms with E-state index in [0.717, 1.165) is 5.76 Å². The summed E-state index contributed by atoms with van der Waals surface area (Å²) in [5.74, 6) is 0.234. The van der Waals surface area contributed by atoms with Gasteiger partial charge in [-0.3, -0.25) is 9.59 Å². The lowest BCUT2D eigenvalue weighted by Gasteiger charge is -2.34. The molecule has 1 aliphatic heterocycles. The molecular formula is C18H19FN2O3. The summed E-state index contributed by atoms with van der Waals surface area (Å²) in [5.41, 5.74) is 0.340. The zero-order valence-electron chi connectivity index (χ0n) is 13.3. The van der Waals surface area contributed by atoms with Crippen LogP contribution in [0.2, 0.25) is 0 Å². The quantitative estimate of drug-likeness (QED) is 0.865. The summed E-state index contributed by atoms with van der Waals surface area (Å²) in [5, 5.41) is 0. The fourth-order valence-corrected chi connectivity index (χ4v) is 2.81. The predicted molar refractivity (Wildman–Crippen MR) is 85.9 cm³/mol. The van der Waals surface area contributed by atoms with E-state index in [-0.39, 0.29) is 11.8 Å². The Hall–Kier alpha value is -2.63. The molecule has 0 bridgehead atoms. The van der Waals surface area contributed by atoms with Gasteiger partial charge in [0, 0.05) is 44.6 Å². The molecule has 0 aliphatic carbocycles. The number of halogens is 1. The summed E-state index contributed by atoms with van der Waals surface area (Å²) >= 11 is 0. The molecule has 2 heterocycles. The van der Waals surface area contributed by atoms with Gasteiger partial charge in [-0.1, -0.05) is 6.07 Å². The predicted octanol–water partition coefficient (Wildman–Crippen LogP) is 2.34. The SMILES string of the molecule is O=C(CCc1ccco1)N1CCN(C(=O)c2cccc(F)c2)CC1. The van der Waals surface area contributed by atoms with Crippen LogP contribution in [0.3, 0.4) is 0 Å². The fourth-order valence-electron chi connectivity index (χ4n) is 2.81. The highest BCUT2D eigenvalue weighted by atomic mass is 19.1. The number of amides is 2. The monoisotopic (exact) mass is 330 g/mol. The van der Waals surface area contributed by atoms with Crippen molar-refractivity contribution in [2.75, 3.05) is 26.2 Å². The summed E-state index contributed by atoms with van der Waals surface area (Å²) in [7, 11) is 0. The summed E-state index contributed by atoms with van der Waals surface area (Å²) < 4.78 is 18.5. The molecule has 24 heavy (non-hydrogen) atoms. The van der Waals surface area contributed by atoms with Gasteiger partial charge < -0.3 is 14.2 Å². The second-order valence-corrected chi connectivity index (χ2v) is 5.76. The summed E-state index contributed by atoms with van der Waals surface area (Å²) in [6, 6.07) is 9.33. The number of aryl methyl sites for hydroxylation is 1. The number of piperazine rings is 1. The summed E-state index contributed by atoms with van der Waals surface area (Å²) in [6.07, 6.45) is 2.57. The van der Waals surface area contributed by atoms with Crippen LogP contribution in [-0.4, -0.2) is 47.8 Å². The molecule has 5 nitrogen and oxygen atoms in total. The Kier molecular flexibility index (Phi) is 4.93. The zero-order chi connectivity index (χ0) is 16.9. The highest BCUT2D eigenvalue weighted by Crippen LogP contribution is 2.12. The maximum Gasteiger partial charge on any atom is 0.254 e. The molecule has 0 N–H and O–H groups in total. The highest BCUT2D eigenvalue weighted by molar-refractivity contribution is 5.94. The number of carbonyl (C=O) groups is 2. The van der Waals surface area contributed by atoms with E-state index in [1.807, 2.05) is 6.07 Å². The van der Waals surface area contributed by atoms with Crippen molar-refractivity contribution in [3.63, 3.8) is 0 Å². The van der Waals surface area contributed by atoms with Crippen LogP contribution < -0.4 is 0 Å². The average molecular weight is 330 g/mol. The van der Waals surface area contributed by atoms with Crippen LogP contribution in [-0.2, 0) is 11.2 Å². The Morgan fingerprint density at radius 2 is 1.79 bits per heavy atom. The van der Waals surface area contributed by atoms with E-state index >= 15 is 0 Å². The van der Waals surface area contributed by atoms with Crippen LogP contribution in [0.4, 0.5) is 4.39 Å². The maximum atomic E-state index is 13.2. The largest absolute Gasteiger partial charge is 0.469 e. The van der Waals surface area contributed by atoms with Crippen LogP contribution in [0, 0.1) is 5.82 Å². The molecule has 1 saturated heterocycles. The molecule has 6 heteroatoms. The first-order chi connectivity index (χ1) is 11.6. The number of hydrogen-bond acceptors (Lipinski definition) is 3. The maximum absolute atomic E-state index is 13.2. The Morgan fingerprint density at radius 3 is 2.46 bits per heavy atom. The first-order valence-electron chi connectivity index (χ1n) is 7.98. The molecule has 1 fully saturated rings. The van der Waals surface area contributed by atoms with Gasteiger partial charge >= 0.3 is 0 Å². The minimum absolute atomic E-state index is 0.0595. The lowest BCUT2D eigenvalue weighted by Crippen LogP contribution is -2.50. The molecule has 3 rings (SSSR count). The number of nitrogens with zero attached hydrogens (tertiary/aromatic N) is 2. The molecule has 2 aromatic rings. The molecule has 0 radical (unpaired) electrons. The molecule has 2 amide bonds. The summed E-state index contributed by atoms with van der Waals surface area (Å²) in [4.78, 5) is 28.0. The van der Waals surface area contributed by atoms with Crippen LogP contribution in [0.25, 0.3) is 0 Å². The van der Waals surface area contributed by atoms with E-state index in [4.69, 9.17) is 4.42 Å². The third kappa shape index (κ3) is 3.82. The van der Waals surface area contributed by atoms with Crippen molar-refractivity contribution in [3.05, 3.63) is 59.8 Å². The molecule has 0 saturated carbocycles. The van der Waals surface area contributed by atoms with Crippen LogP contribution >= 0.6 is 0 Å². The van der Waals surface area contributed by atoms with Crippen molar-refractivity contribution in [1.82, 2.24) is 9.80 Å². The van der Waals surface area contributed by atoms with E-state index < -0.39 is 5.82 Å². The van der Waals surface area contributed by atoms with E-state index in [1.54, 1.807) is 28.2 Å². The Labute approximate surface area is 139 Å². The zero-order valence-corrected chi connectivity index (χ0v) is 13.3. The minimum atomic E-state index is -0.424. The van der Waals surface area contributed by atoms with Gasteiger partial charge in [-0.2, -0.15) is 0 Å². The molecule has 0 unspecified atom stereocenters. The van der Waals surface area contributed by atoms with Crippen molar-refractivity contribution in [2.24, 2.45) is 0 Å². The molecule has 1 aromatic heterocycles. The molecule has 0 atom stereocenters. The van der Waals surface area contributed by atoms with Crippen molar-refractivity contribution >= 4 is 11.8 Å². The van der Waals surface area contributed by atoms with E-state index in [1.165, 1.54) is 18.2 Å². The van der Waals surface area contributed by atoms with Gasteiger partial charge in [-0.05, 0) is 30.3 Å². The first-order valence-corrected chi connectivity index (χ1v) is 7.98. The first kappa shape index (κ1) is 16.2. The molecule has 1 aromatic carbocycles. The van der Waals surface area contributed by atoms with Gasteiger partial charge in [0.1, 0.15) is 11.6 Å².